The maximum absolute atomic E-state index is 12.7. The summed E-state index contributed by atoms with van der Waals surface area (Å²) >= 11 is 0. The molecule has 5 aromatic rings. The Balaban J connectivity index is 1.97. The van der Waals surface area contributed by atoms with Gasteiger partial charge in [0.15, 0.2) is 0 Å². The highest BCUT2D eigenvalue weighted by Crippen LogP contribution is 2.37. The summed E-state index contributed by atoms with van der Waals surface area (Å²) in [5, 5.41) is 4.68. The standard InChI is InChI=1S/C25H19NO2/c1-2-28-25(27)21-12-6-8-14-23(21)26-22-13-7-5-11-19(22)20-16-15-17-9-3-4-10-18(17)24(20)26/h3-16H,2H2,1H3. The van der Waals surface area contributed by atoms with Crippen molar-refractivity contribution in [3.8, 4) is 5.69 Å². The van der Waals surface area contributed by atoms with Crippen LogP contribution in [0.2, 0.25) is 0 Å². The van der Waals surface area contributed by atoms with Crippen LogP contribution in [-0.2, 0) is 4.74 Å². The number of carbonyl (C=O) groups is 1. The number of nitrogens with zero attached hydrogens (tertiary/aromatic N) is 1. The zero-order valence-electron chi connectivity index (χ0n) is 15.6. The highest BCUT2D eigenvalue weighted by molar-refractivity contribution is 6.19. The van der Waals surface area contributed by atoms with Gasteiger partial charge in [-0.15, -0.1) is 0 Å². The molecular formula is C25H19NO2. The van der Waals surface area contributed by atoms with Crippen molar-refractivity contribution in [1.82, 2.24) is 4.57 Å². The van der Waals surface area contributed by atoms with Gasteiger partial charge in [0.1, 0.15) is 0 Å². The van der Waals surface area contributed by atoms with Gasteiger partial charge in [-0.25, -0.2) is 4.79 Å². The van der Waals surface area contributed by atoms with E-state index in [1.54, 1.807) is 0 Å². The SMILES string of the molecule is CCOC(=O)c1ccccc1-n1c2ccccc2c2ccc3ccccc3c21. The first-order chi connectivity index (χ1) is 13.8. The van der Waals surface area contributed by atoms with Crippen molar-refractivity contribution in [3.63, 3.8) is 0 Å². The molecule has 3 nitrogen and oxygen atoms in total. The van der Waals surface area contributed by atoms with Gasteiger partial charge in [-0.1, -0.05) is 66.7 Å². The van der Waals surface area contributed by atoms with Gasteiger partial charge in [0.25, 0.3) is 0 Å². The molecule has 0 fully saturated rings. The third kappa shape index (κ3) is 2.40. The molecule has 0 saturated carbocycles. The van der Waals surface area contributed by atoms with E-state index < -0.39 is 0 Å². The molecule has 0 N–H and O–H groups in total. The van der Waals surface area contributed by atoms with Gasteiger partial charge in [0.05, 0.1) is 28.9 Å². The molecule has 3 heteroatoms. The molecule has 5 rings (SSSR count). The minimum absolute atomic E-state index is 0.302. The van der Waals surface area contributed by atoms with E-state index in [-0.39, 0.29) is 5.97 Å². The Morgan fingerprint density at radius 2 is 1.50 bits per heavy atom. The zero-order valence-corrected chi connectivity index (χ0v) is 15.6. The molecule has 0 aliphatic heterocycles. The molecule has 0 aliphatic rings. The molecule has 0 amide bonds. The van der Waals surface area contributed by atoms with Gasteiger partial charge in [-0.05, 0) is 30.5 Å². The molecule has 0 bridgehead atoms. The number of esters is 1. The van der Waals surface area contributed by atoms with Gasteiger partial charge in [-0.3, -0.25) is 0 Å². The van der Waals surface area contributed by atoms with E-state index in [1.807, 2.05) is 43.3 Å². The second-order valence-corrected chi connectivity index (χ2v) is 6.77. The molecule has 136 valence electrons. The fourth-order valence-electron chi connectivity index (χ4n) is 4.03. The minimum Gasteiger partial charge on any atom is -0.462 e. The number of aromatic nitrogens is 1. The lowest BCUT2D eigenvalue weighted by atomic mass is 10.1. The van der Waals surface area contributed by atoms with Crippen LogP contribution < -0.4 is 0 Å². The molecule has 0 aliphatic carbocycles. The molecular weight excluding hydrogens is 346 g/mol. The fourth-order valence-corrected chi connectivity index (χ4v) is 4.03. The van der Waals surface area contributed by atoms with Crippen LogP contribution in [0.25, 0.3) is 38.3 Å². The van der Waals surface area contributed by atoms with E-state index in [1.165, 1.54) is 16.2 Å². The number of hydrogen-bond donors (Lipinski definition) is 0. The topological polar surface area (TPSA) is 31.2 Å². The summed E-state index contributed by atoms with van der Waals surface area (Å²) in [6.45, 7) is 2.18. The number of para-hydroxylation sites is 2. The van der Waals surface area contributed by atoms with E-state index in [0.717, 1.165) is 22.1 Å². The number of hydrogen-bond acceptors (Lipinski definition) is 2. The summed E-state index contributed by atoms with van der Waals surface area (Å²) in [5.41, 5.74) is 3.59. The van der Waals surface area contributed by atoms with Gasteiger partial charge < -0.3 is 9.30 Å². The van der Waals surface area contributed by atoms with Crippen LogP contribution in [0.4, 0.5) is 0 Å². The van der Waals surface area contributed by atoms with E-state index in [4.69, 9.17) is 4.74 Å². The number of ether oxygens (including phenoxy) is 1. The van der Waals surface area contributed by atoms with Crippen LogP contribution in [0.15, 0.2) is 84.9 Å². The van der Waals surface area contributed by atoms with E-state index in [9.17, 15) is 4.79 Å². The van der Waals surface area contributed by atoms with Crippen LogP contribution in [-0.4, -0.2) is 17.1 Å². The lowest BCUT2D eigenvalue weighted by Crippen LogP contribution is -2.09. The quantitative estimate of drug-likeness (QED) is 0.361. The summed E-state index contributed by atoms with van der Waals surface area (Å²) in [4.78, 5) is 12.7. The summed E-state index contributed by atoms with van der Waals surface area (Å²) in [7, 11) is 0. The Kier molecular flexibility index (Phi) is 3.87. The van der Waals surface area contributed by atoms with Crippen molar-refractivity contribution in [2.45, 2.75) is 6.92 Å². The number of rotatable bonds is 3. The van der Waals surface area contributed by atoms with Crippen LogP contribution >= 0.6 is 0 Å². The Hall–Kier alpha value is -3.59. The van der Waals surface area contributed by atoms with E-state index in [2.05, 4.69) is 53.1 Å². The summed E-state index contributed by atoms with van der Waals surface area (Å²) in [5.74, 6) is -0.302. The predicted molar refractivity (Wildman–Crippen MR) is 114 cm³/mol. The molecule has 0 unspecified atom stereocenters. The third-order valence-electron chi connectivity index (χ3n) is 5.20. The van der Waals surface area contributed by atoms with E-state index >= 15 is 0 Å². The van der Waals surface area contributed by atoms with Gasteiger partial charge in [0, 0.05) is 16.2 Å². The van der Waals surface area contributed by atoms with Gasteiger partial charge in [-0.2, -0.15) is 0 Å². The molecule has 0 saturated heterocycles. The Labute approximate surface area is 162 Å². The van der Waals surface area contributed by atoms with Crippen molar-refractivity contribution < 1.29 is 9.53 Å². The van der Waals surface area contributed by atoms with Crippen LogP contribution in [0.1, 0.15) is 17.3 Å². The van der Waals surface area contributed by atoms with Gasteiger partial charge in [0.2, 0.25) is 0 Å². The van der Waals surface area contributed by atoms with Crippen molar-refractivity contribution in [3.05, 3.63) is 90.5 Å². The van der Waals surface area contributed by atoms with Crippen LogP contribution in [0.5, 0.6) is 0 Å². The highest BCUT2D eigenvalue weighted by atomic mass is 16.5. The number of benzene rings is 4. The van der Waals surface area contributed by atoms with Gasteiger partial charge >= 0.3 is 5.97 Å². The van der Waals surface area contributed by atoms with Crippen LogP contribution in [0, 0.1) is 0 Å². The van der Waals surface area contributed by atoms with Crippen molar-refractivity contribution in [2.24, 2.45) is 0 Å². The van der Waals surface area contributed by atoms with Crippen molar-refractivity contribution in [1.29, 1.82) is 0 Å². The molecule has 1 aromatic heterocycles. The first-order valence-electron chi connectivity index (χ1n) is 9.47. The Bertz CT molecular complexity index is 1350. The predicted octanol–water partition coefficient (Wildman–Crippen LogP) is 6.11. The fraction of sp³-hybridized carbons (Fsp3) is 0.0800. The zero-order chi connectivity index (χ0) is 19.1. The molecule has 1 heterocycles. The molecule has 4 aromatic carbocycles. The molecule has 0 atom stereocenters. The summed E-state index contributed by atoms with van der Waals surface area (Å²) in [6, 6.07) is 28.7. The largest absolute Gasteiger partial charge is 0.462 e. The second kappa shape index (κ2) is 6.54. The van der Waals surface area contributed by atoms with Crippen molar-refractivity contribution >= 4 is 38.5 Å². The first-order valence-corrected chi connectivity index (χ1v) is 9.47. The lowest BCUT2D eigenvalue weighted by Gasteiger charge is -2.13. The highest BCUT2D eigenvalue weighted by Gasteiger charge is 2.19. The smallest absolute Gasteiger partial charge is 0.340 e. The summed E-state index contributed by atoms with van der Waals surface area (Å²) in [6.07, 6.45) is 0. The lowest BCUT2D eigenvalue weighted by molar-refractivity contribution is 0.0526. The average molecular weight is 365 g/mol. The second-order valence-electron chi connectivity index (χ2n) is 6.77. The average Bonchev–Trinajstić information content (AvgIpc) is 3.09. The normalized spacial score (nSPS) is 11.3. The minimum atomic E-state index is -0.302. The Morgan fingerprint density at radius 3 is 2.36 bits per heavy atom. The molecule has 0 spiro atoms. The monoisotopic (exact) mass is 365 g/mol. The summed E-state index contributed by atoms with van der Waals surface area (Å²) < 4.78 is 7.52. The Morgan fingerprint density at radius 1 is 0.786 bits per heavy atom. The maximum atomic E-state index is 12.7. The molecule has 0 radical (unpaired) electrons. The maximum Gasteiger partial charge on any atom is 0.340 e. The molecule has 28 heavy (non-hydrogen) atoms. The first kappa shape index (κ1) is 16.6. The number of carbonyl (C=O) groups excluding carboxylic acids is 1. The van der Waals surface area contributed by atoms with Crippen LogP contribution in [0.3, 0.4) is 0 Å². The third-order valence-corrected chi connectivity index (χ3v) is 5.20. The van der Waals surface area contributed by atoms with E-state index in [0.29, 0.717) is 12.2 Å². The number of fused-ring (bicyclic) bond motifs is 5. The van der Waals surface area contributed by atoms with Crippen molar-refractivity contribution in [2.75, 3.05) is 6.61 Å².